The van der Waals surface area contributed by atoms with Gasteiger partial charge in [-0.2, -0.15) is 0 Å². The third-order valence-electron chi connectivity index (χ3n) is 5.72. The van der Waals surface area contributed by atoms with Crippen LogP contribution in [-0.4, -0.2) is 6.61 Å². The molecular formula is C27H24O4. The summed E-state index contributed by atoms with van der Waals surface area (Å²) in [6.45, 7) is 3.31. The van der Waals surface area contributed by atoms with Gasteiger partial charge in [-0.05, 0) is 53.9 Å². The van der Waals surface area contributed by atoms with Crippen LogP contribution in [0.1, 0.15) is 42.6 Å². The van der Waals surface area contributed by atoms with Crippen LogP contribution in [0.4, 0.5) is 0 Å². The van der Waals surface area contributed by atoms with Gasteiger partial charge in [-0.3, -0.25) is 4.79 Å². The number of hydrogen-bond donors (Lipinski definition) is 0. The molecule has 4 nitrogen and oxygen atoms in total. The SMILES string of the molecule is CCCCOc1ccc(-c2oc3ccccc3c(=O)c2C2OCc3ccccc32)cc1. The minimum atomic E-state index is -0.451. The second-order valence-corrected chi connectivity index (χ2v) is 7.79. The predicted octanol–water partition coefficient (Wildman–Crippen LogP) is 6.26. The van der Waals surface area contributed by atoms with E-state index in [1.165, 1.54) is 0 Å². The Balaban J connectivity index is 1.64. The van der Waals surface area contributed by atoms with Gasteiger partial charge in [0, 0.05) is 5.56 Å². The molecule has 0 amide bonds. The van der Waals surface area contributed by atoms with E-state index in [1.807, 2.05) is 66.7 Å². The van der Waals surface area contributed by atoms with Crippen molar-refractivity contribution in [1.29, 1.82) is 0 Å². The van der Waals surface area contributed by atoms with Gasteiger partial charge < -0.3 is 13.9 Å². The minimum Gasteiger partial charge on any atom is -0.494 e. The lowest BCUT2D eigenvalue weighted by atomic mass is 9.95. The van der Waals surface area contributed by atoms with Crippen LogP contribution in [0.2, 0.25) is 0 Å². The first-order valence-corrected chi connectivity index (χ1v) is 10.7. The summed E-state index contributed by atoms with van der Waals surface area (Å²) in [5.74, 6) is 1.36. The number of unbranched alkanes of at least 4 members (excludes halogenated alkanes) is 1. The second-order valence-electron chi connectivity index (χ2n) is 7.79. The fraction of sp³-hybridized carbons (Fsp3) is 0.222. The van der Waals surface area contributed by atoms with E-state index in [2.05, 4.69) is 6.92 Å². The molecule has 4 heteroatoms. The molecule has 1 aliphatic rings. The Morgan fingerprint density at radius 3 is 2.58 bits per heavy atom. The van der Waals surface area contributed by atoms with Crippen LogP contribution < -0.4 is 10.2 Å². The van der Waals surface area contributed by atoms with E-state index in [9.17, 15) is 4.79 Å². The number of para-hydroxylation sites is 1. The summed E-state index contributed by atoms with van der Waals surface area (Å²) in [7, 11) is 0. The van der Waals surface area contributed by atoms with Crippen LogP contribution in [0.25, 0.3) is 22.3 Å². The van der Waals surface area contributed by atoms with Crippen molar-refractivity contribution < 1.29 is 13.9 Å². The van der Waals surface area contributed by atoms with Crippen molar-refractivity contribution in [3.63, 3.8) is 0 Å². The highest BCUT2D eigenvalue weighted by molar-refractivity contribution is 5.81. The summed E-state index contributed by atoms with van der Waals surface area (Å²) in [6.07, 6.45) is 1.66. The zero-order valence-corrected chi connectivity index (χ0v) is 17.5. The summed E-state index contributed by atoms with van der Waals surface area (Å²) in [4.78, 5) is 13.6. The maximum atomic E-state index is 13.6. The number of hydrogen-bond acceptors (Lipinski definition) is 4. The molecule has 0 radical (unpaired) electrons. The van der Waals surface area contributed by atoms with Crippen LogP contribution in [-0.2, 0) is 11.3 Å². The monoisotopic (exact) mass is 412 g/mol. The van der Waals surface area contributed by atoms with E-state index in [0.717, 1.165) is 35.3 Å². The van der Waals surface area contributed by atoms with Crippen molar-refractivity contribution in [2.45, 2.75) is 32.5 Å². The van der Waals surface area contributed by atoms with Gasteiger partial charge in [0.1, 0.15) is 23.2 Å². The number of fused-ring (bicyclic) bond motifs is 2. The van der Waals surface area contributed by atoms with Crippen molar-refractivity contribution in [1.82, 2.24) is 0 Å². The molecule has 0 bridgehead atoms. The van der Waals surface area contributed by atoms with Crippen LogP contribution in [0, 0.1) is 0 Å². The Bertz CT molecular complexity index is 1270. The van der Waals surface area contributed by atoms with Crippen molar-refractivity contribution in [3.05, 3.63) is 99.7 Å². The minimum absolute atomic E-state index is 0.0539. The topological polar surface area (TPSA) is 48.7 Å². The Labute approximate surface area is 181 Å². The van der Waals surface area contributed by atoms with Crippen molar-refractivity contribution in [2.24, 2.45) is 0 Å². The summed E-state index contributed by atoms with van der Waals surface area (Å²) in [5.41, 5.74) is 4.01. The van der Waals surface area contributed by atoms with E-state index < -0.39 is 6.10 Å². The van der Waals surface area contributed by atoms with E-state index in [4.69, 9.17) is 13.9 Å². The summed E-state index contributed by atoms with van der Waals surface area (Å²) in [5, 5.41) is 0.564. The summed E-state index contributed by atoms with van der Waals surface area (Å²) < 4.78 is 18.2. The average Bonchev–Trinajstić information content (AvgIpc) is 3.23. The Morgan fingerprint density at radius 1 is 0.968 bits per heavy atom. The van der Waals surface area contributed by atoms with Crippen LogP contribution in [0.15, 0.2) is 82.0 Å². The molecule has 2 heterocycles. The number of ether oxygens (including phenoxy) is 2. The molecule has 0 N–H and O–H groups in total. The second kappa shape index (κ2) is 8.40. The van der Waals surface area contributed by atoms with Crippen LogP contribution in [0.3, 0.4) is 0 Å². The smallest absolute Gasteiger partial charge is 0.199 e. The maximum Gasteiger partial charge on any atom is 0.199 e. The Hall–Kier alpha value is -3.37. The Morgan fingerprint density at radius 2 is 1.74 bits per heavy atom. The molecule has 1 unspecified atom stereocenters. The summed E-state index contributed by atoms with van der Waals surface area (Å²) >= 11 is 0. The third kappa shape index (κ3) is 3.64. The molecule has 0 spiro atoms. The highest BCUT2D eigenvalue weighted by atomic mass is 16.5. The van der Waals surface area contributed by atoms with Gasteiger partial charge in [0.05, 0.1) is 24.2 Å². The lowest BCUT2D eigenvalue weighted by Gasteiger charge is -2.16. The average molecular weight is 412 g/mol. The molecular weight excluding hydrogens is 388 g/mol. The van der Waals surface area contributed by atoms with E-state index >= 15 is 0 Å². The quantitative estimate of drug-likeness (QED) is 0.351. The number of rotatable bonds is 6. The lowest BCUT2D eigenvalue weighted by molar-refractivity contribution is 0.0927. The molecule has 1 aliphatic heterocycles. The first-order valence-electron chi connectivity index (χ1n) is 10.7. The molecule has 1 aromatic heterocycles. The van der Waals surface area contributed by atoms with Gasteiger partial charge in [-0.15, -0.1) is 0 Å². The molecule has 0 saturated carbocycles. The highest BCUT2D eigenvalue weighted by Crippen LogP contribution is 2.40. The molecule has 0 fully saturated rings. The fourth-order valence-electron chi connectivity index (χ4n) is 4.07. The molecule has 5 rings (SSSR count). The van der Waals surface area contributed by atoms with Gasteiger partial charge >= 0.3 is 0 Å². The van der Waals surface area contributed by atoms with E-state index in [-0.39, 0.29) is 5.43 Å². The molecule has 4 aromatic rings. The third-order valence-corrected chi connectivity index (χ3v) is 5.72. The van der Waals surface area contributed by atoms with Gasteiger partial charge in [-0.25, -0.2) is 0 Å². The maximum absolute atomic E-state index is 13.6. The summed E-state index contributed by atoms with van der Waals surface area (Å²) in [6, 6.07) is 23.1. The molecule has 156 valence electrons. The lowest BCUT2D eigenvalue weighted by Crippen LogP contribution is -2.16. The van der Waals surface area contributed by atoms with Crippen molar-refractivity contribution in [2.75, 3.05) is 6.61 Å². The van der Waals surface area contributed by atoms with Crippen molar-refractivity contribution >= 4 is 11.0 Å². The van der Waals surface area contributed by atoms with Crippen LogP contribution in [0.5, 0.6) is 5.75 Å². The standard InChI is InChI=1S/C27H24O4/c1-2-3-16-29-20-14-12-18(13-15-20)26-24(25(28)22-10-6-7-11-23(22)31-26)27-21-9-5-4-8-19(21)17-30-27/h4-15,27H,2-3,16-17H2,1H3. The van der Waals surface area contributed by atoms with Gasteiger partial charge in [0.15, 0.2) is 5.43 Å². The first kappa shape index (κ1) is 19.6. The Kier molecular flexibility index (Phi) is 5.31. The predicted molar refractivity (Wildman–Crippen MR) is 121 cm³/mol. The zero-order chi connectivity index (χ0) is 21.2. The van der Waals surface area contributed by atoms with Gasteiger partial charge in [0.2, 0.25) is 0 Å². The highest BCUT2D eigenvalue weighted by Gasteiger charge is 2.31. The van der Waals surface area contributed by atoms with Gasteiger partial charge in [0.25, 0.3) is 0 Å². The molecule has 3 aromatic carbocycles. The van der Waals surface area contributed by atoms with E-state index in [0.29, 0.717) is 35.5 Å². The fourth-order valence-corrected chi connectivity index (χ4v) is 4.07. The van der Waals surface area contributed by atoms with Crippen LogP contribution >= 0.6 is 0 Å². The molecule has 0 aliphatic carbocycles. The largest absolute Gasteiger partial charge is 0.494 e. The zero-order valence-electron chi connectivity index (χ0n) is 17.5. The van der Waals surface area contributed by atoms with Gasteiger partial charge in [-0.1, -0.05) is 49.7 Å². The molecule has 0 saturated heterocycles. The first-order chi connectivity index (χ1) is 15.3. The molecule has 31 heavy (non-hydrogen) atoms. The normalized spacial score (nSPS) is 15.2. The molecule has 1 atom stereocenters. The van der Waals surface area contributed by atoms with Crippen molar-refractivity contribution in [3.8, 4) is 17.1 Å². The number of benzene rings is 3. The van der Waals surface area contributed by atoms with E-state index in [1.54, 1.807) is 6.07 Å².